The molecule has 130 heavy (non-hydrogen) atoms. The first-order chi connectivity index (χ1) is 62.0. The Morgan fingerprint density at radius 3 is 1.38 bits per heavy atom. The molecule has 4 amide bonds. The molecule has 34 atom stereocenters. The Kier molecular flexibility index (Phi) is 51.1. The number of nitrogens with one attached hydrogen (secondary N) is 3. The lowest BCUT2D eigenvalue weighted by atomic mass is 9.87. The van der Waals surface area contributed by atoms with Gasteiger partial charge in [0.25, 0.3) is 11.6 Å². The molecular weight excluding hydrogens is 1720 g/mol. The normalized spacial score (nSPS) is 34.6. The third-order valence-corrected chi connectivity index (χ3v) is 25.4. The van der Waals surface area contributed by atoms with Gasteiger partial charge in [-0.2, -0.15) is 0 Å². The van der Waals surface area contributed by atoms with Crippen LogP contribution in [-0.2, 0) is 80.9 Å². The van der Waals surface area contributed by atoms with E-state index in [1.807, 2.05) is 0 Å². The van der Waals surface area contributed by atoms with Gasteiger partial charge < -0.3 is 180 Å². The first-order valence-electron chi connectivity index (χ1n) is 47.1. The second-order valence-electron chi connectivity index (χ2n) is 35.7. The number of allylic oxidation sites excluding steroid dienone is 1. The largest absolute Gasteiger partial charge is 0.477 e. The summed E-state index contributed by atoms with van der Waals surface area (Å²) in [6.07, 6.45) is -27.2. The third kappa shape index (κ3) is 33.1. The maximum atomic E-state index is 14.4. The minimum absolute atomic E-state index is 0.0853. The Morgan fingerprint density at radius 1 is 0.469 bits per heavy atom. The van der Waals surface area contributed by atoms with E-state index in [1.54, 1.807) is 6.08 Å². The third-order valence-electron chi connectivity index (χ3n) is 25.4. The minimum Gasteiger partial charge on any atom is -0.477 e. The smallest absolute Gasteiger partial charge is 0.364 e. The van der Waals surface area contributed by atoms with Gasteiger partial charge in [0.1, 0.15) is 128 Å². The van der Waals surface area contributed by atoms with Crippen molar-refractivity contribution in [2.75, 3.05) is 39.6 Å². The summed E-state index contributed by atoms with van der Waals surface area (Å²) in [6.45, 7) is 1.11. The van der Waals surface area contributed by atoms with E-state index in [2.05, 4.69) is 29.8 Å². The SMILES string of the molecule is CCCCCCCCCCCCC/C=C/[C@@H](O)[C@H](CO[C@@H]1OC(CO)[C@@H](O[C@@H]2OC(CO)[C@H](O[C@@H]3OC(CO)[C@H](O)[C@H](O)C3N(C(C)=O)[C@H]3OC(C)[C@@H](O)C(O)[C@@H]3O)[C@H](O[C@]3(C(=O)O)CC(O)[C@@H](NC(C)=O)C([C@H](O)[C@@H](CO)O[C@]4(C(=O)O)CC(O)[C@@H](NC(C)=O)C([C@H](O)[C@H](O)CO)O4)O3)C2O)[C@H](O)C1O)NC(=O)CCCCCCCCCCCCCCCCCCCCC. The maximum Gasteiger partial charge on any atom is 0.364 e. The highest BCUT2D eigenvalue weighted by Gasteiger charge is 2.65. The van der Waals surface area contributed by atoms with Crippen LogP contribution in [0.25, 0.3) is 0 Å². The second-order valence-corrected chi connectivity index (χ2v) is 35.7. The number of hydrogen-bond donors (Lipinski definition) is 24. The zero-order chi connectivity index (χ0) is 96.1. The Balaban J connectivity index is 1.31. The number of carbonyl (C=O) groups is 6. The average molecular weight is 1880 g/mol. The number of amides is 4. The number of aliphatic hydroxyl groups excluding tert-OH is 19. The van der Waals surface area contributed by atoms with Crippen LogP contribution in [0.5, 0.6) is 0 Å². The Morgan fingerprint density at radius 2 is 0.915 bits per heavy atom. The van der Waals surface area contributed by atoms with Crippen LogP contribution in [0.3, 0.4) is 0 Å². The highest BCUT2D eigenvalue weighted by molar-refractivity contribution is 5.78. The van der Waals surface area contributed by atoms with Crippen molar-refractivity contribution in [2.24, 2.45) is 0 Å². The molecule has 0 aromatic carbocycles. The predicted octanol–water partition coefficient (Wildman–Crippen LogP) is -1.59. The lowest BCUT2D eigenvalue weighted by Crippen LogP contribution is -2.73. The standard InChI is InChI=1S/C88H156N4O38/c1-7-9-11-13-15-17-19-21-22-23-24-25-26-28-30-32-34-36-38-40-62(105)91-53(54(101)39-37-35-33-31-29-27-20-18-16-14-12-10-8-2)48-120-83-74(114)72(112)76(60(46-96)123-83)125-84-75(115)80(77(61(47-97)124-84)126-82-65(70(110)68(108)58(44-94)122-82)92(52(6)100)81-73(113)71(111)66(106)49(3)121-81)130-88(86(118)119)42-56(103)64(90-51(5)99)79(129-88)69(109)59(45-95)127-87(85(116)117)41-55(102)63(89-50(4)98)78(128-87)67(107)57(104)43-93/h37,39,49,53-61,63-84,93-97,101-104,106-115H,7-36,38,40-48H2,1-6H3,(H,89,98)(H,90,99)(H,91,105)(H,116,117)(H,118,119)/b39-37+/t49?,53-,54+,55?,56?,57+,58?,59+,60?,61?,63+,64+,65?,66+,67+,68-,69+,70+,71?,72+,73-,74?,75?,76+,77-,78?,79?,80+,81-,82-,83+,84-,87+,88-/m0/s1. The molecule has 6 rings (SSSR count). The van der Waals surface area contributed by atoms with Crippen LogP contribution < -0.4 is 16.0 Å². The van der Waals surface area contributed by atoms with Crippen LogP contribution in [0.4, 0.5) is 0 Å². The van der Waals surface area contributed by atoms with E-state index >= 15 is 0 Å². The van der Waals surface area contributed by atoms with E-state index in [4.69, 9.17) is 52.1 Å². The number of aliphatic hydroxyl groups is 19. The number of carboxylic acids is 2. The van der Waals surface area contributed by atoms with E-state index in [-0.39, 0.29) is 6.42 Å². The molecule has 0 saturated carbocycles. The lowest BCUT2D eigenvalue weighted by molar-refractivity contribution is -0.404. The molecule has 24 N–H and O–H groups in total. The fourth-order valence-corrected chi connectivity index (χ4v) is 17.8. The summed E-state index contributed by atoms with van der Waals surface area (Å²) in [4.78, 5) is 81.7. The van der Waals surface area contributed by atoms with Gasteiger partial charge >= 0.3 is 11.9 Å². The van der Waals surface area contributed by atoms with Gasteiger partial charge in [-0.25, -0.2) is 9.59 Å². The highest BCUT2D eigenvalue weighted by atomic mass is 16.8. The van der Waals surface area contributed by atoms with Crippen LogP contribution in [0.15, 0.2) is 12.2 Å². The fraction of sp³-hybridized carbons (Fsp3) is 0.909. The molecule has 0 aliphatic carbocycles. The maximum absolute atomic E-state index is 14.4. The molecule has 6 aliphatic rings. The second kappa shape index (κ2) is 58.2. The molecule has 42 nitrogen and oxygen atoms in total. The first-order valence-corrected chi connectivity index (χ1v) is 47.1. The van der Waals surface area contributed by atoms with E-state index in [9.17, 15) is 136 Å². The number of rotatable bonds is 61. The summed E-state index contributed by atoms with van der Waals surface area (Å²) in [5, 5.41) is 248. The van der Waals surface area contributed by atoms with Crippen molar-refractivity contribution < 1.29 is 188 Å². The molecule has 0 aromatic rings. The molecule has 6 heterocycles. The van der Waals surface area contributed by atoms with Gasteiger partial charge in [0.05, 0.1) is 82.2 Å². The minimum atomic E-state index is -3.72. The van der Waals surface area contributed by atoms with E-state index in [0.29, 0.717) is 17.7 Å². The Labute approximate surface area is 760 Å². The number of aliphatic carboxylic acids is 2. The quantitative estimate of drug-likeness (QED) is 0.0241. The number of ether oxygens (including phenoxy) is 11. The summed E-state index contributed by atoms with van der Waals surface area (Å²) in [7, 11) is 0. The predicted molar refractivity (Wildman–Crippen MR) is 457 cm³/mol. The molecule has 756 valence electrons. The van der Waals surface area contributed by atoms with Crippen molar-refractivity contribution in [3.8, 4) is 0 Å². The van der Waals surface area contributed by atoms with Crippen molar-refractivity contribution in [1.82, 2.24) is 20.9 Å². The van der Waals surface area contributed by atoms with Gasteiger partial charge in [-0.3, -0.25) is 19.2 Å². The fourth-order valence-electron chi connectivity index (χ4n) is 17.8. The zero-order valence-electron chi connectivity index (χ0n) is 76.2. The number of carboxylic acid groups (broad SMARTS) is 2. The molecular formula is C88H156N4O38. The zero-order valence-corrected chi connectivity index (χ0v) is 76.2. The Bertz CT molecular complexity index is 3270. The summed E-state index contributed by atoms with van der Waals surface area (Å²) in [5.41, 5.74) is 0. The van der Waals surface area contributed by atoms with Crippen molar-refractivity contribution in [3.05, 3.63) is 12.2 Å². The Hall–Kier alpha value is -4.64. The summed E-state index contributed by atoms with van der Waals surface area (Å²) < 4.78 is 66.5. The lowest BCUT2D eigenvalue weighted by Gasteiger charge is -2.54. The molecule has 0 spiro atoms. The van der Waals surface area contributed by atoms with Gasteiger partial charge in [-0.15, -0.1) is 0 Å². The summed E-state index contributed by atoms with van der Waals surface area (Å²) in [6, 6.07) is -7.42. The molecule has 0 radical (unpaired) electrons. The van der Waals surface area contributed by atoms with Gasteiger partial charge in [0.15, 0.2) is 25.1 Å². The number of carbonyl (C=O) groups excluding carboxylic acids is 4. The van der Waals surface area contributed by atoms with Gasteiger partial charge in [-0.05, 0) is 26.2 Å². The van der Waals surface area contributed by atoms with E-state index in [1.165, 1.54) is 135 Å². The van der Waals surface area contributed by atoms with E-state index < -0.39 is 295 Å². The average Bonchev–Trinajstić information content (AvgIpc) is 0.739. The van der Waals surface area contributed by atoms with Gasteiger partial charge in [0.2, 0.25) is 23.6 Å². The monoisotopic (exact) mass is 1880 g/mol. The molecule has 0 aromatic heterocycles. The van der Waals surface area contributed by atoms with Crippen molar-refractivity contribution in [1.29, 1.82) is 0 Å². The molecule has 42 heteroatoms. The van der Waals surface area contributed by atoms with E-state index in [0.717, 1.165) is 85.0 Å². The van der Waals surface area contributed by atoms with Gasteiger partial charge in [-0.1, -0.05) is 206 Å². The molecule has 6 fully saturated rings. The molecule has 6 saturated heterocycles. The van der Waals surface area contributed by atoms with Crippen LogP contribution in [0, 0.1) is 0 Å². The summed E-state index contributed by atoms with van der Waals surface area (Å²) in [5.74, 6) is -15.3. The van der Waals surface area contributed by atoms with Crippen LogP contribution >= 0.6 is 0 Å². The molecule has 12 unspecified atom stereocenters. The van der Waals surface area contributed by atoms with Crippen molar-refractivity contribution in [3.63, 3.8) is 0 Å². The van der Waals surface area contributed by atoms with Crippen LogP contribution in [0.1, 0.15) is 260 Å². The number of nitrogens with zero attached hydrogens (tertiary/aromatic N) is 1. The van der Waals surface area contributed by atoms with Crippen LogP contribution in [-0.4, -0.2) is 395 Å². The molecule has 6 aliphatic heterocycles. The van der Waals surface area contributed by atoms with Crippen molar-refractivity contribution in [2.45, 2.75) is 467 Å². The highest BCUT2D eigenvalue weighted by Crippen LogP contribution is 2.44. The molecule has 0 bridgehead atoms. The number of unbranched alkanes of at least 4 members (excludes halogenated alkanes) is 29. The van der Waals surface area contributed by atoms with Crippen molar-refractivity contribution >= 4 is 35.6 Å². The summed E-state index contributed by atoms with van der Waals surface area (Å²) >= 11 is 0. The van der Waals surface area contributed by atoms with Gasteiger partial charge in [0, 0.05) is 40.0 Å². The van der Waals surface area contributed by atoms with Crippen LogP contribution in [0.2, 0.25) is 0 Å². The number of hydrogen-bond acceptors (Lipinski definition) is 36. The topological polar surface area (TPSA) is 668 Å². The first kappa shape index (κ1) is 114.